The molecule has 0 atom stereocenters. The van der Waals surface area contributed by atoms with E-state index in [1.165, 1.54) is 0 Å². The SMILES string of the molecule is CC(C)Cc1nc(CCCCN)n(C)n1. The van der Waals surface area contributed by atoms with Gasteiger partial charge in [0.05, 0.1) is 0 Å². The van der Waals surface area contributed by atoms with Crippen LogP contribution in [0.4, 0.5) is 0 Å². The lowest BCUT2D eigenvalue weighted by Crippen LogP contribution is -2.03. The number of aromatic nitrogens is 3. The first-order valence-corrected chi connectivity index (χ1v) is 5.72. The van der Waals surface area contributed by atoms with Gasteiger partial charge in [-0.2, -0.15) is 5.10 Å². The fourth-order valence-electron chi connectivity index (χ4n) is 1.57. The van der Waals surface area contributed by atoms with E-state index in [2.05, 4.69) is 23.9 Å². The van der Waals surface area contributed by atoms with Gasteiger partial charge in [0, 0.05) is 19.9 Å². The molecule has 0 aliphatic rings. The molecule has 1 rings (SSSR count). The Bertz CT molecular complexity index is 291. The van der Waals surface area contributed by atoms with E-state index in [0.29, 0.717) is 5.92 Å². The summed E-state index contributed by atoms with van der Waals surface area (Å²) in [5.41, 5.74) is 5.46. The summed E-state index contributed by atoms with van der Waals surface area (Å²) in [6.07, 6.45) is 4.11. The maximum absolute atomic E-state index is 5.46. The first-order chi connectivity index (χ1) is 7.13. The molecule has 0 saturated heterocycles. The molecule has 86 valence electrons. The fourth-order valence-corrected chi connectivity index (χ4v) is 1.57. The summed E-state index contributed by atoms with van der Waals surface area (Å²) in [7, 11) is 1.97. The number of aryl methyl sites for hydroxylation is 2. The lowest BCUT2D eigenvalue weighted by Gasteiger charge is -1.97. The minimum Gasteiger partial charge on any atom is -0.330 e. The van der Waals surface area contributed by atoms with E-state index in [9.17, 15) is 0 Å². The monoisotopic (exact) mass is 210 g/mol. The van der Waals surface area contributed by atoms with Crippen molar-refractivity contribution in [3.8, 4) is 0 Å². The number of hydrogen-bond donors (Lipinski definition) is 1. The van der Waals surface area contributed by atoms with E-state index in [-0.39, 0.29) is 0 Å². The molecule has 0 saturated carbocycles. The normalized spacial score (nSPS) is 11.3. The van der Waals surface area contributed by atoms with E-state index in [4.69, 9.17) is 5.73 Å². The summed E-state index contributed by atoms with van der Waals surface area (Å²) < 4.78 is 1.90. The highest BCUT2D eigenvalue weighted by molar-refractivity contribution is 4.93. The minimum absolute atomic E-state index is 0.615. The third-order valence-electron chi connectivity index (χ3n) is 2.34. The molecule has 0 spiro atoms. The van der Waals surface area contributed by atoms with Crippen molar-refractivity contribution in [3.63, 3.8) is 0 Å². The summed E-state index contributed by atoms with van der Waals surface area (Å²) in [6, 6.07) is 0. The van der Waals surface area contributed by atoms with Gasteiger partial charge in [0.15, 0.2) is 5.82 Å². The molecule has 0 aliphatic heterocycles. The van der Waals surface area contributed by atoms with Gasteiger partial charge >= 0.3 is 0 Å². The van der Waals surface area contributed by atoms with E-state index in [1.54, 1.807) is 0 Å². The zero-order valence-electron chi connectivity index (χ0n) is 10.0. The van der Waals surface area contributed by atoms with Crippen molar-refractivity contribution >= 4 is 0 Å². The molecule has 0 aromatic carbocycles. The second-order valence-corrected chi connectivity index (χ2v) is 4.41. The summed E-state index contributed by atoms with van der Waals surface area (Å²) in [5.74, 6) is 2.67. The van der Waals surface area contributed by atoms with Crippen LogP contribution >= 0.6 is 0 Å². The zero-order valence-corrected chi connectivity index (χ0v) is 10.0. The molecular formula is C11H22N4. The molecule has 2 N–H and O–H groups in total. The van der Waals surface area contributed by atoms with Gasteiger partial charge in [-0.05, 0) is 25.3 Å². The van der Waals surface area contributed by atoms with Crippen LogP contribution in [0.2, 0.25) is 0 Å². The van der Waals surface area contributed by atoms with Gasteiger partial charge < -0.3 is 5.73 Å². The number of unbranched alkanes of at least 4 members (excludes halogenated alkanes) is 1. The standard InChI is InChI=1S/C11H22N4/c1-9(2)8-10-13-11(15(3)14-10)6-4-5-7-12/h9H,4-8,12H2,1-3H3. The van der Waals surface area contributed by atoms with Gasteiger partial charge in [0.25, 0.3) is 0 Å². The molecular weight excluding hydrogens is 188 g/mol. The Morgan fingerprint density at radius 1 is 1.33 bits per heavy atom. The highest BCUT2D eigenvalue weighted by Gasteiger charge is 2.07. The lowest BCUT2D eigenvalue weighted by atomic mass is 10.1. The predicted octanol–water partition coefficient (Wildman–Crippen LogP) is 1.29. The van der Waals surface area contributed by atoms with Crippen LogP contribution in [-0.4, -0.2) is 21.3 Å². The van der Waals surface area contributed by atoms with Crippen molar-refractivity contribution in [2.75, 3.05) is 6.54 Å². The number of hydrogen-bond acceptors (Lipinski definition) is 3. The summed E-state index contributed by atoms with van der Waals surface area (Å²) in [4.78, 5) is 4.53. The first kappa shape index (κ1) is 12.2. The molecule has 0 bridgehead atoms. The summed E-state index contributed by atoms with van der Waals surface area (Å²) >= 11 is 0. The van der Waals surface area contributed by atoms with Crippen molar-refractivity contribution < 1.29 is 0 Å². The van der Waals surface area contributed by atoms with Gasteiger partial charge in [-0.3, -0.25) is 4.68 Å². The highest BCUT2D eigenvalue weighted by Crippen LogP contribution is 2.06. The number of nitrogens with zero attached hydrogens (tertiary/aromatic N) is 3. The van der Waals surface area contributed by atoms with E-state index in [1.807, 2.05) is 11.7 Å². The van der Waals surface area contributed by atoms with Crippen molar-refractivity contribution in [2.24, 2.45) is 18.7 Å². The molecule has 0 unspecified atom stereocenters. The Morgan fingerprint density at radius 2 is 2.07 bits per heavy atom. The van der Waals surface area contributed by atoms with Gasteiger partial charge in [-0.15, -0.1) is 0 Å². The van der Waals surface area contributed by atoms with Crippen molar-refractivity contribution in [2.45, 2.75) is 39.5 Å². The largest absolute Gasteiger partial charge is 0.330 e. The van der Waals surface area contributed by atoms with Crippen molar-refractivity contribution in [3.05, 3.63) is 11.6 Å². The molecule has 0 radical (unpaired) electrons. The predicted molar refractivity (Wildman–Crippen MR) is 61.5 cm³/mol. The van der Waals surface area contributed by atoms with Crippen LogP contribution in [0.25, 0.3) is 0 Å². The topological polar surface area (TPSA) is 56.7 Å². The smallest absolute Gasteiger partial charge is 0.151 e. The second kappa shape index (κ2) is 5.85. The van der Waals surface area contributed by atoms with E-state index in [0.717, 1.165) is 43.9 Å². The third kappa shape index (κ3) is 4.00. The molecule has 4 heteroatoms. The van der Waals surface area contributed by atoms with E-state index < -0.39 is 0 Å². The van der Waals surface area contributed by atoms with Gasteiger partial charge in [0.2, 0.25) is 0 Å². The number of nitrogens with two attached hydrogens (primary N) is 1. The molecule has 4 nitrogen and oxygen atoms in total. The molecule has 0 aliphatic carbocycles. The van der Waals surface area contributed by atoms with Gasteiger partial charge in [0.1, 0.15) is 5.82 Å². The first-order valence-electron chi connectivity index (χ1n) is 5.72. The highest BCUT2D eigenvalue weighted by atomic mass is 15.3. The molecule has 1 heterocycles. The maximum Gasteiger partial charge on any atom is 0.151 e. The summed E-state index contributed by atoms with van der Waals surface area (Å²) in [6.45, 7) is 5.13. The van der Waals surface area contributed by atoms with Crippen LogP contribution < -0.4 is 5.73 Å². The van der Waals surface area contributed by atoms with Crippen LogP contribution in [0.1, 0.15) is 38.3 Å². The molecule has 1 aromatic heterocycles. The Hall–Kier alpha value is -0.900. The molecule has 1 aromatic rings. The van der Waals surface area contributed by atoms with Crippen LogP contribution in [0, 0.1) is 5.92 Å². The Morgan fingerprint density at radius 3 is 2.67 bits per heavy atom. The lowest BCUT2D eigenvalue weighted by molar-refractivity contribution is 0.610. The zero-order chi connectivity index (χ0) is 11.3. The second-order valence-electron chi connectivity index (χ2n) is 4.41. The van der Waals surface area contributed by atoms with Crippen molar-refractivity contribution in [1.29, 1.82) is 0 Å². The van der Waals surface area contributed by atoms with Crippen molar-refractivity contribution in [1.82, 2.24) is 14.8 Å². The minimum atomic E-state index is 0.615. The molecule has 15 heavy (non-hydrogen) atoms. The average Bonchev–Trinajstić information content (AvgIpc) is 2.46. The van der Waals surface area contributed by atoms with Crippen LogP contribution in [0.5, 0.6) is 0 Å². The van der Waals surface area contributed by atoms with Crippen LogP contribution in [-0.2, 0) is 19.9 Å². The van der Waals surface area contributed by atoms with Gasteiger partial charge in [-0.25, -0.2) is 4.98 Å². The van der Waals surface area contributed by atoms with E-state index >= 15 is 0 Å². The van der Waals surface area contributed by atoms with Crippen LogP contribution in [0.3, 0.4) is 0 Å². The quantitative estimate of drug-likeness (QED) is 0.720. The summed E-state index contributed by atoms with van der Waals surface area (Å²) in [5, 5.41) is 4.40. The third-order valence-corrected chi connectivity index (χ3v) is 2.34. The van der Waals surface area contributed by atoms with Gasteiger partial charge in [-0.1, -0.05) is 13.8 Å². The fraction of sp³-hybridized carbons (Fsp3) is 0.818. The molecule has 0 amide bonds. The Balaban J connectivity index is 2.53. The Labute approximate surface area is 91.9 Å². The maximum atomic E-state index is 5.46. The number of rotatable bonds is 6. The van der Waals surface area contributed by atoms with Crippen LogP contribution in [0.15, 0.2) is 0 Å². The average molecular weight is 210 g/mol. The Kier molecular flexibility index (Phi) is 4.75. The molecule has 0 fully saturated rings.